The first-order chi connectivity index (χ1) is 7.69. The van der Waals surface area contributed by atoms with Crippen LogP contribution in [0.2, 0.25) is 0 Å². The van der Waals surface area contributed by atoms with Crippen molar-refractivity contribution in [1.29, 1.82) is 0 Å². The van der Waals surface area contributed by atoms with E-state index in [0.717, 1.165) is 22.5 Å². The van der Waals surface area contributed by atoms with Crippen LogP contribution in [0.3, 0.4) is 0 Å². The van der Waals surface area contributed by atoms with Crippen LogP contribution in [-0.4, -0.2) is 27.5 Å². The van der Waals surface area contributed by atoms with Crippen molar-refractivity contribution in [2.45, 2.75) is 44.4 Å². The Morgan fingerprint density at radius 3 is 2.88 bits per heavy atom. The van der Waals surface area contributed by atoms with E-state index < -0.39 is 0 Å². The van der Waals surface area contributed by atoms with Gasteiger partial charge in [-0.3, -0.25) is 4.98 Å². The number of hydrogen-bond donors (Lipinski definition) is 1. The maximum atomic E-state index is 4.51. The van der Waals surface area contributed by atoms with Gasteiger partial charge in [-0.1, -0.05) is 0 Å². The molecule has 1 aliphatic rings. The van der Waals surface area contributed by atoms with Gasteiger partial charge in [0.2, 0.25) is 0 Å². The van der Waals surface area contributed by atoms with Gasteiger partial charge in [0.15, 0.2) is 0 Å². The summed E-state index contributed by atoms with van der Waals surface area (Å²) in [4.78, 5) is 8.84. The first-order valence-corrected chi connectivity index (χ1v) is 7.07. The fourth-order valence-electron chi connectivity index (χ4n) is 2.15. The summed E-state index contributed by atoms with van der Waals surface area (Å²) in [6.45, 7) is 3.99. The molecule has 2 atom stereocenters. The van der Waals surface area contributed by atoms with Gasteiger partial charge in [0.1, 0.15) is 5.82 Å². The molecule has 3 nitrogen and oxygen atoms in total. The summed E-state index contributed by atoms with van der Waals surface area (Å²) in [5.41, 5.74) is 1.98. The van der Waals surface area contributed by atoms with Crippen molar-refractivity contribution in [2.24, 2.45) is 0 Å². The molecule has 1 fully saturated rings. The smallest absolute Gasteiger partial charge is 0.147 e. The van der Waals surface area contributed by atoms with Crippen LogP contribution < -0.4 is 5.32 Å². The molecule has 1 aromatic heterocycles. The average Bonchev–Trinajstić information content (AvgIpc) is 2.71. The first-order valence-electron chi connectivity index (χ1n) is 5.78. The van der Waals surface area contributed by atoms with E-state index in [1.807, 2.05) is 31.8 Å². The Bertz CT molecular complexity index is 367. The second kappa shape index (κ2) is 5.04. The molecule has 0 bridgehead atoms. The predicted octanol–water partition coefficient (Wildman–Crippen LogP) is 2.79. The highest BCUT2D eigenvalue weighted by atomic mass is 32.2. The molecule has 0 radical (unpaired) electrons. The summed E-state index contributed by atoms with van der Waals surface area (Å²) in [7, 11) is 0. The molecule has 0 amide bonds. The highest BCUT2D eigenvalue weighted by molar-refractivity contribution is 7.99. The van der Waals surface area contributed by atoms with Crippen molar-refractivity contribution in [3.63, 3.8) is 0 Å². The fraction of sp³-hybridized carbons (Fsp3) is 0.667. The Labute approximate surface area is 101 Å². The zero-order chi connectivity index (χ0) is 11.5. The summed E-state index contributed by atoms with van der Waals surface area (Å²) in [5, 5.41) is 4.34. The molecule has 1 N–H and O–H groups in total. The van der Waals surface area contributed by atoms with Crippen molar-refractivity contribution in [3.05, 3.63) is 17.6 Å². The quantitative estimate of drug-likeness (QED) is 0.877. The van der Waals surface area contributed by atoms with Crippen LogP contribution in [0.15, 0.2) is 6.20 Å². The van der Waals surface area contributed by atoms with Crippen LogP contribution in [0.5, 0.6) is 0 Å². The molecule has 0 unspecified atom stereocenters. The highest BCUT2D eigenvalue weighted by Crippen LogP contribution is 2.30. The van der Waals surface area contributed by atoms with Crippen LogP contribution in [0.4, 0.5) is 5.82 Å². The SMILES string of the molecule is CS[C@H]1CC[C@H](Nc2nc(C)cnc2C)C1. The van der Waals surface area contributed by atoms with Gasteiger partial charge in [0.05, 0.1) is 11.4 Å². The van der Waals surface area contributed by atoms with Gasteiger partial charge in [0, 0.05) is 17.5 Å². The molecule has 0 aromatic carbocycles. The van der Waals surface area contributed by atoms with Gasteiger partial charge in [-0.25, -0.2) is 4.98 Å². The lowest BCUT2D eigenvalue weighted by molar-refractivity contribution is 0.748. The molecule has 1 aliphatic carbocycles. The Morgan fingerprint density at radius 2 is 2.19 bits per heavy atom. The minimum Gasteiger partial charge on any atom is -0.366 e. The fourth-order valence-corrected chi connectivity index (χ4v) is 2.95. The van der Waals surface area contributed by atoms with Gasteiger partial charge in [-0.05, 0) is 39.4 Å². The molecule has 88 valence electrons. The monoisotopic (exact) mass is 237 g/mol. The number of rotatable bonds is 3. The molecule has 2 rings (SSSR count). The molecule has 16 heavy (non-hydrogen) atoms. The lowest BCUT2D eigenvalue weighted by Crippen LogP contribution is -2.18. The summed E-state index contributed by atoms with van der Waals surface area (Å²) in [5.74, 6) is 0.965. The Balaban J connectivity index is 2.01. The maximum Gasteiger partial charge on any atom is 0.147 e. The van der Waals surface area contributed by atoms with Gasteiger partial charge >= 0.3 is 0 Å². The van der Waals surface area contributed by atoms with Crippen LogP contribution in [0.1, 0.15) is 30.7 Å². The summed E-state index contributed by atoms with van der Waals surface area (Å²) >= 11 is 1.98. The lowest BCUT2D eigenvalue weighted by Gasteiger charge is -2.15. The number of nitrogens with zero attached hydrogens (tertiary/aromatic N) is 2. The van der Waals surface area contributed by atoms with Crippen LogP contribution >= 0.6 is 11.8 Å². The largest absolute Gasteiger partial charge is 0.366 e. The lowest BCUT2D eigenvalue weighted by atomic mass is 10.2. The summed E-state index contributed by atoms with van der Waals surface area (Å²) in [6, 6.07) is 0.576. The second-order valence-corrected chi connectivity index (χ2v) is 5.60. The Hall–Kier alpha value is -0.770. The number of aromatic nitrogens is 2. The molecule has 1 saturated carbocycles. The number of nitrogens with one attached hydrogen (secondary N) is 1. The van der Waals surface area contributed by atoms with Crippen molar-refractivity contribution >= 4 is 17.6 Å². The molecular formula is C12H19N3S. The van der Waals surface area contributed by atoms with Crippen LogP contribution in [-0.2, 0) is 0 Å². The van der Waals surface area contributed by atoms with Crippen molar-refractivity contribution < 1.29 is 0 Å². The summed E-state index contributed by atoms with van der Waals surface area (Å²) < 4.78 is 0. The van der Waals surface area contributed by atoms with Crippen molar-refractivity contribution in [1.82, 2.24) is 9.97 Å². The zero-order valence-electron chi connectivity index (χ0n) is 10.2. The van der Waals surface area contributed by atoms with Gasteiger partial charge < -0.3 is 5.32 Å². The third-order valence-electron chi connectivity index (χ3n) is 3.13. The van der Waals surface area contributed by atoms with E-state index in [-0.39, 0.29) is 0 Å². The van der Waals surface area contributed by atoms with E-state index in [9.17, 15) is 0 Å². The molecule has 4 heteroatoms. The molecule has 1 aromatic rings. The standard InChI is InChI=1S/C12H19N3S/c1-8-7-13-9(2)12(14-8)15-10-4-5-11(6-10)16-3/h7,10-11H,4-6H2,1-3H3,(H,14,15)/t10-,11-/m0/s1. The minimum absolute atomic E-state index is 0.576. The number of aryl methyl sites for hydroxylation is 2. The molecule has 0 spiro atoms. The minimum atomic E-state index is 0.576. The van der Waals surface area contributed by atoms with E-state index >= 15 is 0 Å². The van der Waals surface area contributed by atoms with E-state index in [0.29, 0.717) is 6.04 Å². The normalized spacial score (nSPS) is 24.7. The van der Waals surface area contributed by atoms with Crippen LogP contribution in [0, 0.1) is 13.8 Å². The Kier molecular flexibility index (Phi) is 3.69. The second-order valence-electron chi connectivity index (χ2n) is 4.46. The maximum absolute atomic E-state index is 4.51. The Morgan fingerprint density at radius 1 is 1.38 bits per heavy atom. The molecule has 0 aliphatic heterocycles. The zero-order valence-corrected chi connectivity index (χ0v) is 11.0. The van der Waals surface area contributed by atoms with Crippen molar-refractivity contribution in [2.75, 3.05) is 11.6 Å². The number of hydrogen-bond acceptors (Lipinski definition) is 4. The van der Waals surface area contributed by atoms with Crippen LogP contribution in [0.25, 0.3) is 0 Å². The number of thioether (sulfide) groups is 1. The van der Waals surface area contributed by atoms with E-state index in [1.54, 1.807) is 0 Å². The predicted molar refractivity (Wildman–Crippen MR) is 70.1 cm³/mol. The highest BCUT2D eigenvalue weighted by Gasteiger charge is 2.24. The first kappa shape index (κ1) is 11.7. The van der Waals surface area contributed by atoms with Gasteiger partial charge in [0.25, 0.3) is 0 Å². The molecule has 0 saturated heterocycles. The molecular weight excluding hydrogens is 218 g/mol. The summed E-state index contributed by atoms with van der Waals surface area (Å²) in [6.07, 6.45) is 7.83. The topological polar surface area (TPSA) is 37.8 Å². The van der Waals surface area contributed by atoms with E-state index in [2.05, 4.69) is 21.5 Å². The van der Waals surface area contributed by atoms with Crippen molar-refractivity contribution in [3.8, 4) is 0 Å². The third kappa shape index (κ3) is 2.67. The average molecular weight is 237 g/mol. The number of anilines is 1. The third-order valence-corrected chi connectivity index (χ3v) is 4.23. The molecule has 1 heterocycles. The van der Waals surface area contributed by atoms with Gasteiger partial charge in [-0.2, -0.15) is 11.8 Å². The van der Waals surface area contributed by atoms with E-state index in [1.165, 1.54) is 19.3 Å². The van der Waals surface area contributed by atoms with Gasteiger partial charge in [-0.15, -0.1) is 0 Å². The van der Waals surface area contributed by atoms with E-state index in [4.69, 9.17) is 0 Å².